The third-order valence-electron chi connectivity index (χ3n) is 11.2. The molecule has 0 aromatic heterocycles. The Balaban J connectivity index is 0.000000739. The first-order valence-corrected chi connectivity index (χ1v) is 23.1. The quantitative estimate of drug-likeness (QED) is 0.102. The summed E-state index contributed by atoms with van der Waals surface area (Å²) in [6.07, 6.45) is 15.8. The van der Waals surface area contributed by atoms with Gasteiger partial charge in [0.2, 0.25) is 0 Å². The van der Waals surface area contributed by atoms with E-state index >= 15 is 0 Å². The normalized spacial score (nSPS) is 18.2. The first-order valence-electron chi connectivity index (χ1n) is 19.2. The standard InChI is InChI=1S/C38H37.C4H10Si.C4H9.2BrH.Ti/c1-4-15-34(37-26(5-2)24-35-30(20-13-22-32(35)37)28-16-9-7-10-17-28)38-27(6-3)25-36-31(21-14-23-33(36)38)29-18-11-8-12-19-29;1-2-4-5-3-1;1-3-4-2;;;/h7-14,16-25,37-38H,4-6,15H2,1-3H3;1-5H2;1,3-4H2,2H3;2*1H;/q;;;;;+2/p-2. The van der Waals surface area contributed by atoms with E-state index in [0.717, 1.165) is 12.8 Å². The van der Waals surface area contributed by atoms with E-state index in [2.05, 4.69) is 137 Å². The number of benzene rings is 4. The minimum Gasteiger partial charge on any atom is -1.00 e. The fraction of sp³-hybridized carbons (Fsp3) is 0.391. The van der Waals surface area contributed by atoms with Crippen LogP contribution in [0.2, 0.25) is 20.5 Å². The Morgan fingerprint density at radius 2 is 1.08 bits per heavy atom. The zero-order valence-electron chi connectivity index (χ0n) is 30.8. The summed E-state index contributed by atoms with van der Waals surface area (Å²) < 4.78 is 1.67. The number of allylic oxidation sites excluding steroid dienone is 2. The van der Waals surface area contributed by atoms with Crippen LogP contribution in [-0.2, 0) is 19.2 Å². The van der Waals surface area contributed by atoms with Gasteiger partial charge >= 0.3 is 271 Å². The summed E-state index contributed by atoms with van der Waals surface area (Å²) in [6, 6.07) is 39.8. The van der Waals surface area contributed by atoms with Crippen LogP contribution in [0, 0.1) is 0 Å². The van der Waals surface area contributed by atoms with Gasteiger partial charge in [-0.1, -0.05) is 24.9 Å². The van der Waals surface area contributed by atoms with Crippen LogP contribution in [0.25, 0.3) is 34.4 Å². The molecule has 0 saturated carbocycles. The molecule has 4 aromatic rings. The Morgan fingerprint density at radius 1 is 0.600 bits per heavy atom. The van der Waals surface area contributed by atoms with E-state index in [1.807, 2.05) is 0 Å². The van der Waals surface area contributed by atoms with Gasteiger partial charge in [-0.2, -0.15) is 0 Å². The fourth-order valence-electron chi connectivity index (χ4n) is 9.04. The Hall–Kier alpha value is -1.75. The SMILES string of the molecule is C1CC[SiH2]C1.CCC[CH2][Ti+2][C](CCC)(C1C(CC)=Cc2c(-c3ccccc3)cccc21)C1C(CC)=Cc2c(-c3ccccc3)cccc21.[Br-].[Br-]. The van der Waals surface area contributed by atoms with Crippen LogP contribution in [0.15, 0.2) is 108 Å². The average molecular weight is 845 g/mol. The molecular formula is C46H56Br2SiTi. The van der Waals surface area contributed by atoms with E-state index in [1.165, 1.54) is 63.8 Å². The molecule has 50 heavy (non-hydrogen) atoms. The summed E-state index contributed by atoms with van der Waals surface area (Å²) in [4.78, 5) is 0. The van der Waals surface area contributed by atoms with Gasteiger partial charge in [0, 0.05) is 9.52 Å². The molecule has 1 fully saturated rings. The molecule has 0 N–H and O–H groups in total. The molecule has 0 bridgehead atoms. The number of hydrogen-bond acceptors (Lipinski definition) is 0. The molecule has 1 saturated heterocycles. The third kappa shape index (κ3) is 8.55. The molecule has 7 rings (SSSR count). The van der Waals surface area contributed by atoms with Gasteiger partial charge in [-0.3, -0.25) is 0 Å². The van der Waals surface area contributed by atoms with Gasteiger partial charge in [0.25, 0.3) is 0 Å². The minimum absolute atomic E-state index is 0. The molecule has 0 nitrogen and oxygen atoms in total. The molecule has 262 valence electrons. The average Bonchev–Trinajstić information content (AvgIpc) is 3.92. The maximum Gasteiger partial charge on any atom is -1.00 e. The molecule has 0 radical (unpaired) electrons. The van der Waals surface area contributed by atoms with E-state index in [9.17, 15) is 0 Å². The van der Waals surface area contributed by atoms with Crippen molar-refractivity contribution in [1.82, 2.24) is 0 Å². The maximum absolute atomic E-state index is 2.62. The van der Waals surface area contributed by atoms with Crippen LogP contribution in [-0.4, -0.2) is 9.52 Å². The van der Waals surface area contributed by atoms with Crippen molar-refractivity contribution in [2.24, 2.45) is 0 Å². The van der Waals surface area contributed by atoms with Crippen LogP contribution in [0.3, 0.4) is 0 Å². The molecule has 4 heteroatoms. The summed E-state index contributed by atoms with van der Waals surface area (Å²) in [7, 11) is 0.543. The van der Waals surface area contributed by atoms with Crippen LogP contribution in [0.5, 0.6) is 0 Å². The van der Waals surface area contributed by atoms with Crippen molar-refractivity contribution in [2.45, 2.75) is 111 Å². The van der Waals surface area contributed by atoms with E-state index in [-0.39, 0.29) is 56.8 Å². The van der Waals surface area contributed by atoms with E-state index in [4.69, 9.17) is 0 Å². The first-order chi connectivity index (χ1) is 23.7. The number of halogens is 2. The summed E-state index contributed by atoms with van der Waals surface area (Å²) >= 11 is -0.283. The van der Waals surface area contributed by atoms with Crippen molar-refractivity contribution in [2.75, 3.05) is 0 Å². The Labute approximate surface area is 336 Å². The van der Waals surface area contributed by atoms with Crippen molar-refractivity contribution < 1.29 is 53.1 Å². The van der Waals surface area contributed by atoms with E-state index in [0.29, 0.717) is 21.4 Å². The predicted octanol–water partition coefficient (Wildman–Crippen LogP) is 7.56. The van der Waals surface area contributed by atoms with Gasteiger partial charge in [0.15, 0.2) is 0 Å². The Kier molecular flexibility index (Phi) is 16.3. The van der Waals surface area contributed by atoms with Gasteiger partial charge in [-0.15, -0.1) is 0 Å². The zero-order chi connectivity index (χ0) is 33.3. The Morgan fingerprint density at radius 3 is 1.46 bits per heavy atom. The fourth-order valence-corrected chi connectivity index (χ4v) is 14.7. The summed E-state index contributed by atoms with van der Waals surface area (Å²) in [5.41, 5.74) is 14.9. The number of fused-ring (bicyclic) bond motifs is 2. The number of rotatable bonds is 12. The number of hydrogen-bond donors (Lipinski definition) is 0. The molecule has 2 aliphatic carbocycles. The van der Waals surface area contributed by atoms with Crippen molar-refractivity contribution >= 4 is 21.7 Å². The topological polar surface area (TPSA) is 0 Å². The molecule has 0 amide bonds. The molecule has 1 aliphatic heterocycles. The van der Waals surface area contributed by atoms with E-state index < -0.39 is 0 Å². The van der Waals surface area contributed by atoms with Crippen molar-refractivity contribution in [3.05, 3.63) is 130 Å². The maximum atomic E-state index is 2.62. The van der Waals surface area contributed by atoms with Crippen molar-refractivity contribution in [3.63, 3.8) is 0 Å². The minimum atomic E-state index is -0.283. The summed E-state index contributed by atoms with van der Waals surface area (Å²) in [5, 5.41) is 0. The molecule has 2 atom stereocenters. The second-order valence-electron chi connectivity index (χ2n) is 14.2. The smallest absolute Gasteiger partial charge is 1.00 e. The van der Waals surface area contributed by atoms with Gasteiger partial charge < -0.3 is 34.0 Å². The molecular weight excluding hydrogens is 788 g/mol. The van der Waals surface area contributed by atoms with Crippen molar-refractivity contribution in [1.29, 1.82) is 0 Å². The van der Waals surface area contributed by atoms with Gasteiger partial charge in [0.05, 0.1) is 0 Å². The largest absolute Gasteiger partial charge is 1.00 e. The third-order valence-corrected chi connectivity index (χ3v) is 16.5. The van der Waals surface area contributed by atoms with Crippen LogP contribution < -0.4 is 34.0 Å². The predicted molar refractivity (Wildman–Crippen MR) is 210 cm³/mol. The van der Waals surface area contributed by atoms with Crippen LogP contribution in [0.1, 0.15) is 113 Å². The van der Waals surface area contributed by atoms with Gasteiger partial charge in [-0.25, -0.2) is 0 Å². The molecule has 1 heterocycles. The summed E-state index contributed by atoms with van der Waals surface area (Å²) in [5.74, 6) is 0.971. The molecule has 4 aromatic carbocycles. The molecule has 0 spiro atoms. The van der Waals surface area contributed by atoms with Crippen LogP contribution >= 0.6 is 0 Å². The van der Waals surface area contributed by atoms with Gasteiger partial charge in [0.1, 0.15) is 0 Å². The Bertz CT molecular complexity index is 1590. The monoisotopic (exact) mass is 842 g/mol. The summed E-state index contributed by atoms with van der Waals surface area (Å²) in [6.45, 7) is 9.62. The molecule has 3 aliphatic rings. The second-order valence-corrected chi connectivity index (χ2v) is 19.1. The van der Waals surface area contributed by atoms with Gasteiger partial charge in [-0.05, 0) is 0 Å². The molecule has 2 unspecified atom stereocenters. The zero-order valence-corrected chi connectivity index (χ0v) is 36.9. The van der Waals surface area contributed by atoms with Crippen molar-refractivity contribution in [3.8, 4) is 22.3 Å². The van der Waals surface area contributed by atoms with Crippen LogP contribution in [0.4, 0.5) is 0 Å². The van der Waals surface area contributed by atoms with E-state index in [1.54, 1.807) is 47.2 Å². The first kappa shape index (κ1) is 41.0. The second kappa shape index (κ2) is 19.9. The number of unbranched alkanes of at least 4 members (excludes halogenated alkanes) is 1.